The van der Waals surface area contributed by atoms with Crippen LogP contribution in [0.5, 0.6) is 0 Å². The SMILES string of the molecule is CCN(CCCO)C(=O)c1ccc(C)c(C#CCCO)c1. The van der Waals surface area contributed by atoms with E-state index in [2.05, 4.69) is 11.8 Å². The zero-order chi connectivity index (χ0) is 15.7. The van der Waals surface area contributed by atoms with Crippen molar-refractivity contribution in [3.05, 3.63) is 34.9 Å². The highest BCUT2D eigenvalue weighted by Gasteiger charge is 2.14. The molecule has 0 radical (unpaired) electrons. The first-order chi connectivity index (χ1) is 10.1. The molecule has 0 unspecified atom stereocenters. The predicted molar refractivity (Wildman–Crippen MR) is 83.0 cm³/mol. The van der Waals surface area contributed by atoms with E-state index in [-0.39, 0.29) is 19.1 Å². The van der Waals surface area contributed by atoms with Gasteiger partial charge in [0.2, 0.25) is 0 Å². The van der Waals surface area contributed by atoms with Gasteiger partial charge in [0.25, 0.3) is 5.91 Å². The van der Waals surface area contributed by atoms with Crippen LogP contribution in [0.3, 0.4) is 0 Å². The van der Waals surface area contributed by atoms with Gasteiger partial charge < -0.3 is 15.1 Å². The summed E-state index contributed by atoms with van der Waals surface area (Å²) in [7, 11) is 0. The van der Waals surface area contributed by atoms with Crippen molar-refractivity contribution in [3.8, 4) is 11.8 Å². The number of aliphatic hydroxyl groups excluding tert-OH is 2. The second kappa shape index (κ2) is 9.17. The van der Waals surface area contributed by atoms with Crippen LogP contribution in [0.4, 0.5) is 0 Å². The van der Waals surface area contributed by atoms with E-state index >= 15 is 0 Å². The molecule has 21 heavy (non-hydrogen) atoms. The molecule has 0 heterocycles. The number of hydrogen-bond donors (Lipinski definition) is 2. The second-order valence-electron chi connectivity index (χ2n) is 4.77. The Bertz CT molecular complexity index is 529. The number of aryl methyl sites for hydroxylation is 1. The molecule has 0 bridgehead atoms. The third-order valence-corrected chi connectivity index (χ3v) is 3.20. The number of hydrogen-bond acceptors (Lipinski definition) is 3. The number of carbonyl (C=O) groups is 1. The number of aliphatic hydroxyl groups is 2. The first-order valence-electron chi connectivity index (χ1n) is 7.24. The number of nitrogens with zero attached hydrogens (tertiary/aromatic N) is 1. The largest absolute Gasteiger partial charge is 0.396 e. The van der Waals surface area contributed by atoms with Gasteiger partial charge in [-0.1, -0.05) is 17.9 Å². The van der Waals surface area contributed by atoms with Gasteiger partial charge in [0.1, 0.15) is 0 Å². The van der Waals surface area contributed by atoms with Crippen molar-refractivity contribution < 1.29 is 15.0 Å². The summed E-state index contributed by atoms with van der Waals surface area (Å²) in [6, 6.07) is 5.48. The van der Waals surface area contributed by atoms with Gasteiger partial charge in [-0.25, -0.2) is 0 Å². The molecule has 4 nitrogen and oxygen atoms in total. The van der Waals surface area contributed by atoms with Crippen LogP contribution in [-0.2, 0) is 0 Å². The van der Waals surface area contributed by atoms with Crippen LogP contribution in [-0.4, -0.2) is 47.3 Å². The normalized spacial score (nSPS) is 9.90. The van der Waals surface area contributed by atoms with Crippen molar-refractivity contribution in [3.63, 3.8) is 0 Å². The Morgan fingerprint density at radius 1 is 1.29 bits per heavy atom. The first kappa shape index (κ1) is 17.2. The molecule has 2 N–H and O–H groups in total. The van der Waals surface area contributed by atoms with Crippen LogP contribution in [0, 0.1) is 18.8 Å². The van der Waals surface area contributed by atoms with Crippen LogP contribution < -0.4 is 0 Å². The van der Waals surface area contributed by atoms with Crippen LogP contribution >= 0.6 is 0 Å². The lowest BCUT2D eigenvalue weighted by atomic mass is 10.0. The van der Waals surface area contributed by atoms with Crippen LogP contribution in [0.1, 0.15) is 41.3 Å². The lowest BCUT2D eigenvalue weighted by molar-refractivity contribution is 0.0754. The molecule has 0 aliphatic rings. The number of benzene rings is 1. The van der Waals surface area contributed by atoms with E-state index in [1.807, 2.05) is 19.9 Å². The quantitative estimate of drug-likeness (QED) is 0.782. The maximum atomic E-state index is 12.4. The summed E-state index contributed by atoms with van der Waals surface area (Å²) in [6.45, 7) is 5.14. The topological polar surface area (TPSA) is 60.8 Å². The molecule has 0 aliphatic carbocycles. The second-order valence-corrected chi connectivity index (χ2v) is 4.77. The summed E-state index contributed by atoms with van der Waals surface area (Å²) in [6.07, 6.45) is 1.00. The molecule has 1 aromatic rings. The lowest BCUT2D eigenvalue weighted by Crippen LogP contribution is -2.32. The fraction of sp³-hybridized carbons (Fsp3) is 0.471. The van der Waals surface area contributed by atoms with Gasteiger partial charge in [0, 0.05) is 37.2 Å². The van der Waals surface area contributed by atoms with E-state index in [0.29, 0.717) is 31.5 Å². The highest BCUT2D eigenvalue weighted by Crippen LogP contribution is 2.13. The summed E-state index contributed by atoms with van der Waals surface area (Å²) >= 11 is 0. The lowest BCUT2D eigenvalue weighted by Gasteiger charge is -2.20. The van der Waals surface area contributed by atoms with Gasteiger partial charge in [-0.15, -0.1) is 0 Å². The minimum absolute atomic E-state index is 0.0371. The third kappa shape index (κ3) is 5.22. The molecule has 0 aliphatic heterocycles. The highest BCUT2D eigenvalue weighted by atomic mass is 16.3. The molecular weight excluding hydrogens is 266 g/mol. The summed E-state index contributed by atoms with van der Waals surface area (Å²) in [5.74, 6) is 5.82. The van der Waals surface area contributed by atoms with E-state index in [4.69, 9.17) is 10.2 Å². The first-order valence-corrected chi connectivity index (χ1v) is 7.24. The van der Waals surface area contributed by atoms with Crippen molar-refractivity contribution in [1.82, 2.24) is 4.90 Å². The third-order valence-electron chi connectivity index (χ3n) is 3.20. The van der Waals surface area contributed by atoms with Crippen molar-refractivity contribution >= 4 is 5.91 Å². The van der Waals surface area contributed by atoms with Crippen LogP contribution in [0.15, 0.2) is 18.2 Å². The average molecular weight is 289 g/mol. The Labute approximate surface area is 126 Å². The highest BCUT2D eigenvalue weighted by molar-refractivity contribution is 5.94. The average Bonchev–Trinajstić information content (AvgIpc) is 2.50. The fourth-order valence-corrected chi connectivity index (χ4v) is 1.95. The zero-order valence-corrected chi connectivity index (χ0v) is 12.7. The van der Waals surface area contributed by atoms with Crippen molar-refractivity contribution in [2.45, 2.75) is 26.7 Å². The number of carbonyl (C=O) groups excluding carboxylic acids is 1. The van der Waals surface area contributed by atoms with Gasteiger partial charge >= 0.3 is 0 Å². The summed E-state index contributed by atoms with van der Waals surface area (Å²) in [5, 5.41) is 17.6. The maximum absolute atomic E-state index is 12.4. The molecule has 0 aromatic heterocycles. The van der Waals surface area contributed by atoms with Crippen LogP contribution in [0.2, 0.25) is 0 Å². The Morgan fingerprint density at radius 3 is 2.67 bits per heavy atom. The van der Waals surface area contributed by atoms with Gasteiger partial charge in [-0.05, 0) is 38.0 Å². The molecule has 114 valence electrons. The maximum Gasteiger partial charge on any atom is 0.253 e. The monoisotopic (exact) mass is 289 g/mol. The minimum atomic E-state index is -0.0452. The van der Waals surface area contributed by atoms with E-state index in [9.17, 15) is 4.79 Å². The van der Waals surface area contributed by atoms with Crippen LogP contribution in [0.25, 0.3) is 0 Å². The molecule has 0 spiro atoms. The van der Waals surface area contributed by atoms with E-state index in [1.54, 1.807) is 17.0 Å². The molecule has 0 fully saturated rings. The van der Waals surface area contributed by atoms with Crippen molar-refractivity contribution in [2.75, 3.05) is 26.3 Å². The van der Waals surface area contributed by atoms with Gasteiger partial charge in [-0.3, -0.25) is 4.79 Å². The number of rotatable bonds is 6. The summed E-state index contributed by atoms with van der Waals surface area (Å²) in [5.41, 5.74) is 2.43. The van der Waals surface area contributed by atoms with Gasteiger partial charge in [-0.2, -0.15) is 0 Å². The Balaban J connectivity index is 2.95. The molecule has 1 rings (SSSR count). The molecule has 0 saturated heterocycles. The van der Waals surface area contributed by atoms with E-state index < -0.39 is 0 Å². The molecule has 0 saturated carbocycles. The molecule has 1 amide bonds. The minimum Gasteiger partial charge on any atom is -0.396 e. The Hall–Kier alpha value is -1.83. The Kier molecular flexibility index (Phi) is 7.52. The Morgan fingerprint density at radius 2 is 2.05 bits per heavy atom. The number of amides is 1. The van der Waals surface area contributed by atoms with Crippen molar-refractivity contribution in [2.24, 2.45) is 0 Å². The standard InChI is InChI=1S/C17H23NO3/c1-3-18(10-6-12-20)17(21)16-9-8-14(2)15(13-16)7-4-5-11-19/h8-9,13,19-20H,3,5-6,10-12H2,1-2H3. The molecule has 1 aromatic carbocycles. The molecule has 4 heteroatoms. The van der Waals surface area contributed by atoms with E-state index in [0.717, 1.165) is 11.1 Å². The van der Waals surface area contributed by atoms with Gasteiger partial charge in [0.05, 0.1) is 6.61 Å². The summed E-state index contributed by atoms with van der Waals surface area (Å²) in [4.78, 5) is 14.1. The smallest absolute Gasteiger partial charge is 0.253 e. The molecule has 0 atom stereocenters. The van der Waals surface area contributed by atoms with Crippen molar-refractivity contribution in [1.29, 1.82) is 0 Å². The van der Waals surface area contributed by atoms with Gasteiger partial charge in [0.15, 0.2) is 0 Å². The zero-order valence-electron chi connectivity index (χ0n) is 12.7. The molecular formula is C17H23NO3. The fourth-order valence-electron chi connectivity index (χ4n) is 1.95. The van der Waals surface area contributed by atoms with E-state index in [1.165, 1.54) is 0 Å². The predicted octanol–water partition coefficient (Wildman–Crippen LogP) is 1.57. The summed E-state index contributed by atoms with van der Waals surface area (Å²) < 4.78 is 0.